The summed E-state index contributed by atoms with van der Waals surface area (Å²) < 4.78 is 29.7. The number of rotatable bonds is 1. The van der Waals surface area contributed by atoms with E-state index >= 15 is 0 Å². The summed E-state index contributed by atoms with van der Waals surface area (Å²) in [5, 5.41) is 0. The second-order valence-electron chi connectivity index (χ2n) is 4.43. The van der Waals surface area contributed by atoms with Crippen molar-refractivity contribution in [3.05, 3.63) is 56.8 Å². The quantitative estimate of drug-likeness (QED) is 0.607. The van der Waals surface area contributed by atoms with E-state index in [4.69, 9.17) is 12.2 Å². The van der Waals surface area contributed by atoms with Crippen LogP contribution in [0.25, 0.3) is 16.7 Å². The van der Waals surface area contributed by atoms with E-state index < -0.39 is 0 Å². The zero-order chi connectivity index (χ0) is 14.4. The molecule has 20 heavy (non-hydrogen) atoms. The van der Waals surface area contributed by atoms with Gasteiger partial charge in [0.2, 0.25) is 0 Å². The number of imidazole rings is 1. The van der Waals surface area contributed by atoms with Gasteiger partial charge >= 0.3 is 0 Å². The Morgan fingerprint density at radius 1 is 1.20 bits per heavy atom. The molecule has 1 aromatic heterocycles. The maximum Gasteiger partial charge on any atom is 0.182 e. The molecular formula is C14H9BrF2N2S. The van der Waals surface area contributed by atoms with E-state index in [1.807, 2.05) is 0 Å². The first-order chi connectivity index (χ1) is 9.49. The number of hydrogen-bond donors (Lipinski definition) is 1. The van der Waals surface area contributed by atoms with Crippen molar-refractivity contribution in [3.8, 4) is 5.69 Å². The van der Waals surface area contributed by atoms with Gasteiger partial charge in [0.25, 0.3) is 0 Å². The molecule has 6 heteroatoms. The fourth-order valence-corrected chi connectivity index (χ4v) is 2.82. The monoisotopic (exact) mass is 354 g/mol. The van der Waals surface area contributed by atoms with Crippen molar-refractivity contribution in [2.45, 2.75) is 6.92 Å². The van der Waals surface area contributed by atoms with Gasteiger partial charge in [0.15, 0.2) is 4.77 Å². The van der Waals surface area contributed by atoms with Crippen LogP contribution in [0, 0.1) is 23.3 Å². The number of halogens is 3. The number of H-pyrrole nitrogens is 1. The predicted molar refractivity (Wildman–Crippen MR) is 80.8 cm³/mol. The number of hydrogen-bond acceptors (Lipinski definition) is 1. The zero-order valence-corrected chi connectivity index (χ0v) is 12.8. The predicted octanol–water partition coefficient (Wildman–Crippen LogP) is 5.04. The largest absolute Gasteiger partial charge is 0.330 e. The molecule has 102 valence electrons. The van der Waals surface area contributed by atoms with E-state index in [2.05, 4.69) is 20.9 Å². The highest BCUT2D eigenvalue weighted by atomic mass is 79.9. The normalized spacial score (nSPS) is 11.2. The molecule has 1 heterocycles. The number of benzene rings is 2. The van der Waals surface area contributed by atoms with Gasteiger partial charge in [-0.2, -0.15) is 0 Å². The molecule has 0 amide bonds. The standard InChI is InChI=1S/C14H9BrF2N2S/c1-7-9(16)3-2-4-12(7)19-13-5-8(15)10(17)6-11(13)18-14(19)20/h2-6H,1H3,(H,18,20). The fourth-order valence-electron chi connectivity index (χ4n) is 2.18. The summed E-state index contributed by atoms with van der Waals surface area (Å²) in [7, 11) is 0. The van der Waals surface area contributed by atoms with Crippen molar-refractivity contribution in [3.63, 3.8) is 0 Å². The van der Waals surface area contributed by atoms with Crippen LogP contribution in [0.4, 0.5) is 8.78 Å². The van der Waals surface area contributed by atoms with Crippen LogP contribution in [0.3, 0.4) is 0 Å². The van der Waals surface area contributed by atoms with Gasteiger partial charge in [0, 0.05) is 11.6 Å². The third-order valence-electron chi connectivity index (χ3n) is 3.20. The molecule has 0 saturated carbocycles. The molecule has 1 N–H and O–H groups in total. The summed E-state index contributed by atoms with van der Waals surface area (Å²) in [6, 6.07) is 7.78. The van der Waals surface area contributed by atoms with Crippen molar-refractivity contribution in [1.29, 1.82) is 0 Å². The molecule has 2 nitrogen and oxygen atoms in total. The second kappa shape index (κ2) is 4.79. The molecule has 0 aliphatic heterocycles. The summed E-state index contributed by atoms with van der Waals surface area (Å²) in [5.41, 5.74) is 2.39. The molecule has 3 aromatic rings. The number of nitrogens with zero attached hydrogens (tertiary/aromatic N) is 1. The lowest BCUT2D eigenvalue weighted by Crippen LogP contribution is -1.99. The Bertz CT molecular complexity index is 883. The van der Waals surface area contributed by atoms with Crippen LogP contribution >= 0.6 is 28.1 Å². The van der Waals surface area contributed by atoms with E-state index in [-0.39, 0.29) is 11.6 Å². The van der Waals surface area contributed by atoms with Gasteiger partial charge in [-0.15, -0.1) is 0 Å². The zero-order valence-electron chi connectivity index (χ0n) is 10.4. The first-order valence-corrected chi connectivity index (χ1v) is 7.04. The summed E-state index contributed by atoms with van der Waals surface area (Å²) in [5.74, 6) is -0.684. The average Bonchev–Trinajstić information content (AvgIpc) is 2.69. The molecule has 2 aromatic carbocycles. The molecule has 0 unspecified atom stereocenters. The minimum absolute atomic E-state index is 0.306. The number of fused-ring (bicyclic) bond motifs is 1. The molecule has 0 spiro atoms. The highest BCUT2D eigenvalue weighted by Gasteiger charge is 2.13. The van der Waals surface area contributed by atoms with Crippen LogP contribution in [0.2, 0.25) is 0 Å². The number of nitrogens with one attached hydrogen (secondary N) is 1. The van der Waals surface area contributed by atoms with Crippen LogP contribution < -0.4 is 0 Å². The first-order valence-electron chi connectivity index (χ1n) is 5.84. The second-order valence-corrected chi connectivity index (χ2v) is 5.67. The molecular weight excluding hydrogens is 346 g/mol. The molecule has 0 aliphatic carbocycles. The van der Waals surface area contributed by atoms with Crippen LogP contribution in [0.5, 0.6) is 0 Å². The van der Waals surface area contributed by atoms with Gasteiger partial charge in [-0.3, -0.25) is 4.57 Å². The lowest BCUT2D eigenvalue weighted by atomic mass is 10.2. The smallest absolute Gasteiger partial charge is 0.182 e. The SMILES string of the molecule is Cc1c(F)cccc1-n1c(=S)[nH]c2cc(F)c(Br)cc21. The van der Waals surface area contributed by atoms with E-state index in [9.17, 15) is 8.78 Å². The van der Waals surface area contributed by atoms with E-state index in [1.54, 1.807) is 29.7 Å². The minimum atomic E-state index is -0.378. The van der Waals surface area contributed by atoms with Gasteiger partial charge in [-0.05, 0) is 53.3 Å². The average molecular weight is 355 g/mol. The van der Waals surface area contributed by atoms with E-state index in [1.165, 1.54) is 12.1 Å². The molecule has 0 bridgehead atoms. The Hall–Kier alpha value is -1.53. The van der Waals surface area contributed by atoms with E-state index in [0.717, 1.165) is 0 Å². The molecule has 0 aliphatic rings. The van der Waals surface area contributed by atoms with Gasteiger partial charge < -0.3 is 4.98 Å². The number of aromatic nitrogens is 2. The summed E-state index contributed by atoms with van der Waals surface area (Å²) in [6.07, 6.45) is 0. The number of aromatic amines is 1. The topological polar surface area (TPSA) is 20.7 Å². The van der Waals surface area contributed by atoms with Crippen LogP contribution in [-0.2, 0) is 0 Å². The van der Waals surface area contributed by atoms with Gasteiger partial charge in [0.1, 0.15) is 11.6 Å². The lowest BCUT2D eigenvalue weighted by Gasteiger charge is -2.09. The summed E-state index contributed by atoms with van der Waals surface area (Å²) in [4.78, 5) is 2.93. The Morgan fingerprint density at radius 2 is 1.95 bits per heavy atom. The van der Waals surface area contributed by atoms with Crippen molar-refractivity contribution >= 4 is 39.2 Å². The summed E-state index contributed by atoms with van der Waals surface area (Å²) >= 11 is 8.43. The maximum absolute atomic E-state index is 13.7. The fraction of sp³-hybridized carbons (Fsp3) is 0.0714. The lowest BCUT2D eigenvalue weighted by molar-refractivity contribution is 0.617. The minimum Gasteiger partial charge on any atom is -0.330 e. The maximum atomic E-state index is 13.7. The van der Waals surface area contributed by atoms with Crippen molar-refractivity contribution in [2.75, 3.05) is 0 Å². The third kappa shape index (κ3) is 1.99. The highest BCUT2D eigenvalue weighted by molar-refractivity contribution is 9.10. The van der Waals surface area contributed by atoms with Crippen LogP contribution in [-0.4, -0.2) is 9.55 Å². The molecule has 0 saturated heterocycles. The van der Waals surface area contributed by atoms with E-state index in [0.29, 0.717) is 31.5 Å². The molecule has 0 fully saturated rings. The van der Waals surface area contributed by atoms with Gasteiger partial charge in [-0.1, -0.05) is 6.07 Å². The Morgan fingerprint density at radius 3 is 2.70 bits per heavy atom. The van der Waals surface area contributed by atoms with Crippen LogP contribution in [0.15, 0.2) is 34.8 Å². The third-order valence-corrected chi connectivity index (χ3v) is 4.10. The molecule has 3 rings (SSSR count). The van der Waals surface area contributed by atoms with Gasteiger partial charge in [0.05, 0.1) is 21.2 Å². The first kappa shape index (κ1) is 13.5. The van der Waals surface area contributed by atoms with Crippen molar-refractivity contribution in [1.82, 2.24) is 9.55 Å². The summed E-state index contributed by atoms with van der Waals surface area (Å²) in [6.45, 7) is 1.68. The Labute approximate surface area is 127 Å². The Kier molecular flexibility index (Phi) is 3.22. The van der Waals surface area contributed by atoms with Crippen molar-refractivity contribution in [2.24, 2.45) is 0 Å². The van der Waals surface area contributed by atoms with Crippen molar-refractivity contribution < 1.29 is 8.78 Å². The van der Waals surface area contributed by atoms with Crippen LogP contribution in [0.1, 0.15) is 5.56 Å². The molecule has 0 atom stereocenters. The van der Waals surface area contributed by atoms with Gasteiger partial charge in [-0.25, -0.2) is 8.78 Å². The highest BCUT2D eigenvalue weighted by Crippen LogP contribution is 2.27. The Balaban J connectivity index is 2.42. The molecule has 0 radical (unpaired) electrons.